The van der Waals surface area contributed by atoms with Gasteiger partial charge in [-0.15, -0.1) is 0 Å². The molecule has 4 aliphatic rings. The molecule has 4 fully saturated rings. The summed E-state index contributed by atoms with van der Waals surface area (Å²) in [5.41, 5.74) is -0.740. The van der Waals surface area contributed by atoms with Gasteiger partial charge in [0, 0.05) is 24.7 Å². The third-order valence-electron chi connectivity index (χ3n) is 8.32. The van der Waals surface area contributed by atoms with E-state index in [1.165, 1.54) is 0 Å². The van der Waals surface area contributed by atoms with Gasteiger partial charge >= 0.3 is 0 Å². The van der Waals surface area contributed by atoms with Gasteiger partial charge < -0.3 is 14.2 Å². The van der Waals surface area contributed by atoms with Crippen molar-refractivity contribution in [3.8, 4) is 5.88 Å². The fourth-order valence-electron chi connectivity index (χ4n) is 6.64. The van der Waals surface area contributed by atoms with Crippen molar-refractivity contribution in [1.29, 1.82) is 0 Å². The molecule has 0 amide bonds. The van der Waals surface area contributed by atoms with E-state index >= 15 is 0 Å². The van der Waals surface area contributed by atoms with Gasteiger partial charge in [-0.1, -0.05) is 12.8 Å². The van der Waals surface area contributed by atoms with Crippen molar-refractivity contribution in [3.63, 3.8) is 0 Å². The summed E-state index contributed by atoms with van der Waals surface area (Å²) in [6.07, 6.45) is 9.13. The molecule has 3 heterocycles. The summed E-state index contributed by atoms with van der Waals surface area (Å²) in [5, 5.41) is 0. The Labute approximate surface area is 195 Å². The van der Waals surface area contributed by atoms with Crippen LogP contribution in [0.4, 0.5) is 0 Å². The second-order valence-electron chi connectivity index (χ2n) is 10.1. The summed E-state index contributed by atoms with van der Waals surface area (Å²) in [5.74, 6) is -1.53. The summed E-state index contributed by atoms with van der Waals surface area (Å²) in [6.45, 7) is 4.11. The van der Waals surface area contributed by atoms with Crippen LogP contribution in [0.1, 0.15) is 75.3 Å². The fourth-order valence-corrected chi connectivity index (χ4v) is 6.64. The lowest BCUT2D eigenvalue weighted by molar-refractivity contribution is -0.255. The molecule has 33 heavy (non-hydrogen) atoms. The number of Topliss-reactive ketones (excluding diaryl/α,β-unsaturated/α-hetero) is 2. The SMILES string of the molecule is C[C@H](Oc1ccnc(C(=O)C2CCC[C@@]3(CCCCC34OCCO4)C2=O)n1)[C@@H]1CCCN1C. The Balaban J connectivity index is 1.35. The Bertz CT molecular complexity index is 898. The Morgan fingerprint density at radius 1 is 1.15 bits per heavy atom. The molecule has 4 atom stereocenters. The van der Waals surface area contributed by atoms with Gasteiger partial charge in [-0.3, -0.25) is 14.5 Å². The highest BCUT2D eigenvalue weighted by Crippen LogP contribution is 2.56. The predicted molar refractivity (Wildman–Crippen MR) is 120 cm³/mol. The first kappa shape index (κ1) is 22.9. The number of ether oxygens (including phenoxy) is 3. The second kappa shape index (κ2) is 9.04. The monoisotopic (exact) mass is 457 g/mol. The molecule has 1 aromatic heterocycles. The number of aromatic nitrogens is 2. The first-order valence-corrected chi connectivity index (χ1v) is 12.5. The normalized spacial score (nSPS) is 33.0. The lowest BCUT2D eigenvalue weighted by Crippen LogP contribution is -2.60. The molecule has 2 saturated carbocycles. The molecule has 2 aliphatic heterocycles. The van der Waals surface area contributed by atoms with E-state index in [2.05, 4.69) is 21.9 Å². The molecular weight excluding hydrogens is 422 g/mol. The van der Waals surface area contributed by atoms with Crippen molar-refractivity contribution in [2.45, 2.75) is 82.6 Å². The molecule has 2 saturated heterocycles. The third-order valence-corrected chi connectivity index (χ3v) is 8.32. The second-order valence-corrected chi connectivity index (χ2v) is 10.1. The average molecular weight is 458 g/mol. The number of rotatable bonds is 5. The van der Waals surface area contributed by atoms with Crippen molar-refractivity contribution < 1.29 is 23.8 Å². The molecule has 0 aromatic carbocycles. The van der Waals surface area contributed by atoms with Crippen LogP contribution in [0.5, 0.6) is 5.88 Å². The molecule has 0 bridgehead atoms. The minimum atomic E-state index is -0.865. The first-order valence-electron chi connectivity index (χ1n) is 12.5. The number of carbonyl (C=O) groups excluding carboxylic acids is 2. The number of likely N-dealkylation sites (tertiary alicyclic amines) is 1. The van der Waals surface area contributed by atoms with Crippen molar-refractivity contribution in [2.75, 3.05) is 26.8 Å². The van der Waals surface area contributed by atoms with Crippen LogP contribution >= 0.6 is 0 Å². The molecule has 1 unspecified atom stereocenters. The zero-order valence-corrected chi connectivity index (χ0v) is 19.8. The quantitative estimate of drug-likeness (QED) is 0.492. The van der Waals surface area contributed by atoms with E-state index in [-0.39, 0.29) is 23.5 Å². The van der Waals surface area contributed by atoms with Gasteiger partial charge in [-0.25, -0.2) is 4.98 Å². The maximum Gasteiger partial charge on any atom is 0.217 e. The predicted octanol–water partition coefficient (Wildman–Crippen LogP) is 3.19. The number of ketones is 2. The van der Waals surface area contributed by atoms with Crippen LogP contribution in [0.25, 0.3) is 0 Å². The minimum absolute atomic E-state index is 0.0452. The molecule has 0 N–H and O–H groups in total. The highest BCUT2D eigenvalue weighted by molar-refractivity contribution is 6.11. The van der Waals surface area contributed by atoms with Crippen molar-refractivity contribution in [3.05, 3.63) is 18.1 Å². The average Bonchev–Trinajstić information content (AvgIpc) is 3.47. The molecule has 180 valence electrons. The maximum absolute atomic E-state index is 13.9. The smallest absolute Gasteiger partial charge is 0.217 e. The number of hydrogen-bond acceptors (Lipinski definition) is 8. The van der Waals surface area contributed by atoms with E-state index in [9.17, 15) is 9.59 Å². The Morgan fingerprint density at radius 3 is 2.67 bits per heavy atom. The first-order chi connectivity index (χ1) is 16.0. The molecule has 2 spiro atoms. The molecule has 1 aromatic rings. The highest BCUT2D eigenvalue weighted by atomic mass is 16.7. The van der Waals surface area contributed by atoms with Crippen molar-refractivity contribution in [1.82, 2.24) is 14.9 Å². The zero-order valence-electron chi connectivity index (χ0n) is 19.8. The fraction of sp³-hybridized carbons (Fsp3) is 0.760. The summed E-state index contributed by atoms with van der Waals surface area (Å²) < 4.78 is 18.3. The van der Waals surface area contributed by atoms with Gasteiger partial charge in [0.15, 0.2) is 17.4 Å². The van der Waals surface area contributed by atoms with Crippen LogP contribution in [0.2, 0.25) is 0 Å². The molecular formula is C25H35N3O5. The highest BCUT2D eigenvalue weighted by Gasteiger charge is 2.63. The van der Waals surface area contributed by atoms with E-state index in [0.717, 1.165) is 38.6 Å². The van der Waals surface area contributed by atoms with Gasteiger partial charge in [-0.05, 0) is 59.0 Å². The maximum atomic E-state index is 13.9. The number of hydrogen-bond donors (Lipinski definition) is 0. The largest absolute Gasteiger partial charge is 0.473 e. The van der Waals surface area contributed by atoms with Gasteiger partial charge in [-0.2, -0.15) is 4.98 Å². The Hall–Kier alpha value is -1.90. The van der Waals surface area contributed by atoms with Crippen LogP contribution in [-0.2, 0) is 14.3 Å². The van der Waals surface area contributed by atoms with E-state index < -0.39 is 17.1 Å². The topological polar surface area (TPSA) is 90.8 Å². The van der Waals surface area contributed by atoms with E-state index in [1.807, 2.05) is 6.92 Å². The van der Waals surface area contributed by atoms with Gasteiger partial charge in [0.05, 0.1) is 24.5 Å². The van der Waals surface area contributed by atoms with Gasteiger partial charge in [0.25, 0.3) is 0 Å². The summed E-state index contributed by atoms with van der Waals surface area (Å²) in [7, 11) is 2.10. The minimum Gasteiger partial charge on any atom is -0.473 e. The number of carbonyl (C=O) groups is 2. The number of fused-ring (bicyclic) bond motifs is 1. The van der Waals surface area contributed by atoms with Gasteiger partial charge in [0.1, 0.15) is 6.10 Å². The van der Waals surface area contributed by atoms with E-state index in [0.29, 0.717) is 50.8 Å². The summed E-state index contributed by atoms with van der Waals surface area (Å²) >= 11 is 0. The van der Waals surface area contributed by atoms with Crippen LogP contribution in [-0.4, -0.2) is 71.2 Å². The molecule has 8 nitrogen and oxygen atoms in total. The van der Waals surface area contributed by atoms with Crippen LogP contribution in [0.3, 0.4) is 0 Å². The molecule has 2 aliphatic carbocycles. The lowest BCUT2D eigenvalue weighted by Gasteiger charge is -2.51. The van der Waals surface area contributed by atoms with Crippen LogP contribution < -0.4 is 4.74 Å². The Morgan fingerprint density at radius 2 is 1.91 bits per heavy atom. The Kier molecular flexibility index (Phi) is 6.27. The molecule has 8 heteroatoms. The van der Waals surface area contributed by atoms with E-state index in [4.69, 9.17) is 14.2 Å². The standard InChI is InChI=1S/C25H35N3O5/c1-17(19-8-6-14-28(19)2)33-20-9-13-26-23(27-20)21(29)18-7-5-11-24(22(18)30)10-3-4-12-25(24)31-15-16-32-25/h9,13,17-19H,3-8,10-12,14-16H2,1-2H3/t17-,18?,19-,24-/m0/s1. The van der Waals surface area contributed by atoms with Crippen molar-refractivity contribution >= 4 is 11.6 Å². The van der Waals surface area contributed by atoms with Crippen molar-refractivity contribution in [2.24, 2.45) is 11.3 Å². The number of nitrogens with zero attached hydrogens (tertiary/aromatic N) is 3. The van der Waals surface area contributed by atoms with E-state index in [1.54, 1.807) is 12.3 Å². The summed E-state index contributed by atoms with van der Waals surface area (Å²) in [6, 6.07) is 2.01. The van der Waals surface area contributed by atoms with Crippen LogP contribution in [0.15, 0.2) is 12.3 Å². The van der Waals surface area contributed by atoms with Crippen LogP contribution in [0, 0.1) is 11.3 Å². The zero-order chi connectivity index (χ0) is 23.1. The lowest BCUT2D eigenvalue weighted by atomic mass is 9.57. The number of likely N-dealkylation sites (N-methyl/N-ethyl adjacent to an activating group) is 1. The van der Waals surface area contributed by atoms with Gasteiger partial charge in [0.2, 0.25) is 11.7 Å². The third kappa shape index (κ3) is 3.90. The molecule has 5 rings (SSSR count). The summed E-state index contributed by atoms with van der Waals surface area (Å²) in [4.78, 5) is 38.3. The molecule has 0 radical (unpaired) electrons.